The Kier molecular flexibility index (Phi) is 7.91. The van der Waals surface area contributed by atoms with E-state index in [1.54, 1.807) is 0 Å². The summed E-state index contributed by atoms with van der Waals surface area (Å²) in [5.41, 5.74) is 4.46. The van der Waals surface area contributed by atoms with Gasteiger partial charge in [0.2, 0.25) is 0 Å². The van der Waals surface area contributed by atoms with Gasteiger partial charge in [0.25, 0.3) is 0 Å². The lowest BCUT2D eigenvalue weighted by molar-refractivity contribution is 0.462. The molecule has 0 aromatic heterocycles. The number of benzene rings is 3. The van der Waals surface area contributed by atoms with Gasteiger partial charge in [-0.1, -0.05) is 111 Å². The Hall–Kier alpha value is -2.34. The molecular formula is C28H34. The fourth-order valence-corrected chi connectivity index (χ4v) is 4.44. The van der Waals surface area contributed by atoms with Crippen LogP contribution in [0.1, 0.15) is 80.4 Å². The van der Waals surface area contributed by atoms with E-state index in [2.05, 4.69) is 105 Å². The van der Waals surface area contributed by atoms with Gasteiger partial charge in [0, 0.05) is 0 Å². The van der Waals surface area contributed by atoms with E-state index in [9.17, 15) is 0 Å². The minimum absolute atomic E-state index is 0.577. The SMILES string of the molecule is CCCC(CCC(CC(C)c1ccccc1)c1ccccc1)c1ccccc1. The molecule has 0 saturated carbocycles. The summed E-state index contributed by atoms with van der Waals surface area (Å²) in [6.07, 6.45) is 6.25. The van der Waals surface area contributed by atoms with Crippen LogP contribution in [0.15, 0.2) is 91.0 Å². The van der Waals surface area contributed by atoms with Crippen molar-refractivity contribution < 1.29 is 0 Å². The summed E-state index contributed by atoms with van der Waals surface area (Å²) < 4.78 is 0. The first-order valence-electron chi connectivity index (χ1n) is 10.9. The third kappa shape index (κ3) is 5.83. The van der Waals surface area contributed by atoms with Crippen molar-refractivity contribution in [1.29, 1.82) is 0 Å². The molecule has 0 bridgehead atoms. The molecule has 0 aliphatic rings. The molecular weight excluding hydrogens is 336 g/mol. The molecule has 0 radical (unpaired) electrons. The molecule has 28 heavy (non-hydrogen) atoms. The maximum Gasteiger partial charge on any atom is -0.0156 e. The number of hydrogen-bond donors (Lipinski definition) is 0. The molecule has 0 amide bonds. The predicted molar refractivity (Wildman–Crippen MR) is 122 cm³/mol. The maximum atomic E-state index is 2.38. The Morgan fingerprint density at radius 1 is 0.536 bits per heavy atom. The van der Waals surface area contributed by atoms with Crippen LogP contribution in [0.5, 0.6) is 0 Å². The van der Waals surface area contributed by atoms with E-state index in [-0.39, 0.29) is 0 Å². The van der Waals surface area contributed by atoms with Crippen LogP contribution in [0.2, 0.25) is 0 Å². The Labute approximate surface area is 171 Å². The van der Waals surface area contributed by atoms with Crippen molar-refractivity contribution in [3.8, 4) is 0 Å². The molecule has 0 N–H and O–H groups in total. The van der Waals surface area contributed by atoms with E-state index < -0.39 is 0 Å². The van der Waals surface area contributed by atoms with Gasteiger partial charge in [-0.25, -0.2) is 0 Å². The normalized spacial score (nSPS) is 14.4. The number of hydrogen-bond acceptors (Lipinski definition) is 0. The van der Waals surface area contributed by atoms with Crippen LogP contribution in [0.25, 0.3) is 0 Å². The van der Waals surface area contributed by atoms with Crippen molar-refractivity contribution in [3.05, 3.63) is 108 Å². The molecule has 0 saturated heterocycles. The smallest absolute Gasteiger partial charge is 0.0156 e. The molecule has 3 rings (SSSR count). The molecule has 0 heterocycles. The van der Waals surface area contributed by atoms with Gasteiger partial charge in [0.1, 0.15) is 0 Å². The van der Waals surface area contributed by atoms with Crippen molar-refractivity contribution in [2.24, 2.45) is 0 Å². The van der Waals surface area contributed by atoms with Crippen LogP contribution >= 0.6 is 0 Å². The molecule has 146 valence electrons. The third-order valence-electron chi connectivity index (χ3n) is 6.05. The highest BCUT2D eigenvalue weighted by molar-refractivity contribution is 5.24. The van der Waals surface area contributed by atoms with Crippen molar-refractivity contribution in [3.63, 3.8) is 0 Å². The van der Waals surface area contributed by atoms with Crippen LogP contribution < -0.4 is 0 Å². The zero-order valence-electron chi connectivity index (χ0n) is 17.4. The van der Waals surface area contributed by atoms with Gasteiger partial charge in [-0.3, -0.25) is 0 Å². The van der Waals surface area contributed by atoms with Gasteiger partial charge >= 0.3 is 0 Å². The summed E-state index contributed by atoms with van der Waals surface area (Å²) in [7, 11) is 0. The molecule has 0 aliphatic carbocycles. The highest BCUT2D eigenvalue weighted by Crippen LogP contribution is 2.36. The Morgan fingerprint density at radius 2 is 0.964 bits per heavy atom. The summed E-state index contributed by atoms with van der Waals surface area (Å²) in [4.78, 5) is 0. The van der Waals surface area contributed by atoms with Gasteiger partial charge in [-0.05, 0) is 60.1 Å². The minimum atomic E-state index is 0.577. The summed E-state index contributed by atoms with van der Waals surface area (Å²) in [5.74, 6) is 1.86. The van der Waals surface area contributed by atoms with Crippen LogP contribution in [0, 0.1) is 0 Å². The summed E-state index contributed by atoms with van der Waals surface area (Å²) in [6.45, 7) is 4.69. The molecule has 0 fully saturated rings. The highest BCUT2D eigenvalue weighted by Gasteiger charge is 2.19. The van der Waals surface area contributed by atoms with Crippen molar-refractivity contribution in [1.82, 2.24) is 0 Å². The Morgan fingerprint density at radius 3 is 1.46 bits per heavy atom. The van der Waals surface area contributed by atoms with Crippen molar-refractivity contribution >= 4 is 0 Å². The van der Waals surface area contributed by atoms with E-state index in [1.807, 2.05) is 0 Å². The van der Waals surface area contributed by atoms with Crippen LogP contribution in [-0.2, 0) is 0 Å². The van der Waals surface area contributed by atoms with Crippen LogP contribution in [-0.4, -0.2) is 0 Å². The fourth-order valence-electron chi connectivity index (χ4n) is 4.44. The summed E-state index contributed by atoms with van der Waals surface area (Å²) in [6, 6.07) is 33.3. The molecule has 3 atom stereocenters. The maximum absolute atomic E-state index is 2.38. The lowest BCUT2D eigenvalue weighted by Crippen LogP contribution is -2.08. The second-order valence-electron chi connectivity index (χ2n) is 8.13. The van der Waals surface area contributed by atoms with Gasteiger partial charge in [0.05, 0.1) is 0 Å². The zero-order chi connectivity index (χ0) is 19.6. The third-order valence-corrected chi connectivity index (χ3v) is 6.05. The minimum Gasteiger partial charge on any atom is -0.0654 e. The second-order valence-corrected chi connectivity index (χ2v) is 8.13. The van der Waals surface area contributed by atoms with E-state index in [0.29, 0.717) is 17.8 Å². The Balaban J connectivity index is 1.73. The second kappa shape index (κ2) is 10.9. The zero-order valence-corrected chi connectivity index (χ0v) is 17.4. The Bertz CT molecular complexity index is 776. The van der Waals surface area contributed by atoms with E-state index >= 15 is 0 Å². The highest BCUT2D eigenvalue weighted by atomic mass is 14.2. The van der Waals surface area contributed by atoms with Crippen molar-refractivity contribution in [2.45, 2.75) is 63.7 Å². The predicted octanol–water partition coefficient (Wildman–Crippen LogP) is 8.33. The fraction of sp³-hybridized carbons (Fsp3) is 0.357. The van der Waals surface area contributed by atoms with E-state index in [0.717, 1.165) is 0 Å². The molecule has 0 aliphatic heterocycles. The first-order chi connectivity index (χ1) is 13.8. The van der Waals surface area contributed by atoms with Crippen molar-refractivity contribution in [2.75, 3.05) is 0 Å². The average molecular weight is 371 g/mol. The molecule has 3 unspecified atom stereocenters. The van der Waals surface area contributed by atoms with Gasteiger partial charge in [0.15, 0.2) is 0 Å². The van der Waals surface area contributed by atoms with Gasteiger partial charge in [-0.2, -0.15) is 0 Å². The van der Waals surface area contributed by atoms with Gasteiger partial charge in [-0.15, -0.1) is 0 Å². The van der Waals surface area contributed by atoms with Crippen LogP contribution in [0.3, 0.4) is 0 Å². The lowest BCUT2D eigenvalue weighted by atomic mass is 9.80. The van der Waals surface area contributed by atoms with Gasteiger partial charge < -0.3 is 0 Å². The quantitative estimate of drug-likeness (QED) is 0.336. The lowest BCUT2D eigenvalue weighted by Gasteiger charge is -2.25. The largest absolute Gasteiger partial charge is 0.0654 e. The summed E-state index contributed by atoms with van der Waals surface area (Å²) >= 11 is 0. The molecule has 0 heteroatoms. The molecule has 3 aromatic carbocycles. The number of rotatable bonds is 10. The van der Waals surface area contributed by atoms with E-state index in [4.69, 9.17) is 0 Å². The monoisotopic (exact) mass is 370 g/mol. The first kappa shape index (κ1) is 20.4. The topological polar surface area (TPSA) is 0 Å². The molecule has 0 nitrogen and oxygen atoms in total. The molecule has 3 aromatic rings. The first-order valence-corrected chi connectivity index (χ1v) is 10.9. The molecule has 0 spiro atoms. The summed E-state index contributed by atoms with van der Waals surface area (Å²) in [5, 5.41) is 0. The standard InChI is InChI=1S/C28H34/c1-3-13-25(26-16-9-5-10-17-26)20-21-28(27-18-11-6-12-19-27)22-23(2)24-14-7-4-8-15-24/h4-12,14-19,23,25,28H,3,13,20-22H2,1-2H3. The van der Waals surface area contributed by atoms with Crippen LogP contribution in [0.4, 0.5) is 0 Å². The van der Waals surface area contributed by atoms with E-state index in [1.165, 1.54) is 48.8 Å². The average Bonchev–Trinajstić information content (AvgIpc) is 2.77.